The first-order valence-electron chi connectivity index (χ1n) is 4.78. The van der Waals surface area contributed by atoms with Gasteiger partial charge in [0.2, 0.25) is 0 Å². The van der Waals surface area contributed by atoms with E-state index in [1.807, 2.05) is 12.1 Å². The van der Waals surface area contributed by atoms with Crippen LogP contribution in [0.15, 0.2) is 24.5 Å². The molecule has 1 aromatic rings. The van der Waals surface area contributed by atoms with Gasteiger partial charge in [-0.25, -0.2) is 0 Å². The highest BCUT2D eigenvalue weighted by molar-refractivity contribution is 7.99. The minimum Gasteiger partial charge on any atom is -0.480 e. The number of carboxylic acids is 1. The van der Waals surface area contributed by atoms with Crippen molar-refractivity contribution in [2.75, 3.05) is 5.75 Å². The van der Waals surface area contributed by atoms with Crippen LogP contribution in [0.5, 0.6) is 0 Å². The summed E-state index contributed by atoms with van der Waals surface area (Å²) in [6.07, 6.45) is 4.16. The second kappa shape index (κ2) is 4.63. The van der Waals surface area contributed by atoms with Crippen molar-refractivity contribution in [3.05, 3.63) is 30.1 Å². The summed E-state index contributed by atoms with van der Waals surface area (Å²) in [7, 11) is 0. The van der Waals surface area contributed by atoms with Gasteiger partial charge in [-0.2, -0.15) is 0 Å². The summed E-state index contributed by atoms with van der Waals surface area (Å²) in [5, 5.41) is 12.1. The van der Waals surface area contributed by atoms with Crippen LogP contribution in [-0.2, 0) is 4.79 Å². The van der Waals surface area contributed by atoms with E-state index < -0.39 is 12.0 Å². The predicted octanol–water partition coefficient (Wildman–Crippen LogP) is 1.26. The van der Waals surface area contributed by atoms with Crippen molar-refractivity contribution in [3.63, 3.8) is 0 Å². The van der Waals surface area contributed by atoms with E-state index in [0.717, 1.165) is 11.3 Å². The number of hydrogen-bond donors (Lipinski definition) is 2. The third kappa shape index (κ3) is 2.49. The van der Waals surface area contributed by atoms with Crippen molar-refractivity contribution in [3.8, 4) is 0 Å². The number of thioether (sulfide) groups is 1. The Morgan fingerprint density at radius 2 is 2.53 bits per heavy atom. The highest BCUT2D eigenvalue weighted by Gasteiger charge is 2.27. The van der Waals surface area contributed by atoms with Gasteiger partial charge >= 0.3 is 5.97 Å². The number of pyridine rings is 1. The van der Waals surface area contributed by atoms with Crippen LogP contribution in [0, 0.1) is 0 Å². The third-order valence-corrected chi connectivity index (χ3v) is 3.54. The van der Waals surface area contributed by atoms with Crippen LogP contribution in [-0.4, -0.2) is 27.9 Å². The molecule has 2 atom stereocenters. The van der Waals surface area contributed by atoms with Gasteiger partial charge in [0.05, 0.1) is 5.37 Å². The standard InChI is InChI=1S/C10H12N2O2S/c13-10(14)8-3-5-15-9(12-8)7-2-1-4-11-6-7/h1-2,4,6,8-9,12H,3,5H2,(H,13,14). The van der Waals surface area contributed by atoms with Crippen LogP contribution in [0.2, 0.25) is 0 Å². The Kier molecular flexibility index (Phi) is 3.23. The fraction of sp³-hybridized carbons (Fsp3) is 0.400. The van der Waals surface area contributed by atoms with Gasteiger partial charge in [-0.05, 0) is 23.8 Å². The minimum atomic E-state index is -0.774. The summed E-state index contributed by atoms with van der Waals surface area (Å²) in [6, 6.07) is 3.39. The Balaban J connectivity index is 2.08. The quantitative estimate of drug-likeness (QED) is 0.792. The molecule has 2 heterocycles. The fourth-order valence-corrected chi connectivity index (χ4v) is 2.74. The van der Waals surface area contributed by atoms with Crippen LogP contribution >= 0.6 is 11.8 Å². The molecule has 0 saturated carbocycles. The number of aliphatic carboxylic acids is 1. The molecule has 2 unspecified atom stereocenters. The molecular weight excluding hydrogens is 212 g/mol. The zero-order valence-electron chi connectivity index (χ0n) is 8.09. The highest BCUT2D eigenvalue weighted by Crippen LogP contribution is 2.30. The molecule has 5 heteroatoms. The molecular formula is C10H12N2O2S. The summed E-state index contributed by atoms with van der Waals surface area (Å²) in [6.45, 7) is 0. The van der Waals surface area contributed by atoms with Crippen molar-refractivity contribution in [1.82, 2.24) is 10.3 Å². The minimum absolute atomic E-state index is 0.0496. The Labute approximate surface area is 92.1 Å². The van der Waals surface area contributed by atoms with Gasteiger partial charge < -0.3 is 5.11 Å². The van der Waals surface area contributed by atoms with Crippen LogP contribution in [0.4, 0.5) is 0 Å². The van der Waals surface area contributed by atoms with Crippen molar-refractivity contribution < 1.29 is 9.90 Å². The van der Waals surface area contributed by atoms with Gasteiger partial charge in [-0.15, -0.1) is 11.8 Å². The number of hydrogen-bond acceptors (Lipinski definition) is 4. The molecule has 0 radical (unpaired) electrons. The first kappa shape index (κ1) is 10.4. The maximum Gasteiger partial charge on any atom is 0.320 e. The summed E-state index contributed by atoms with van der Waals surface area (Å²) >= 11 is 1.72. The fourth-order valence-electron chi connectivity index (χ4n) is 1.54. The summed E-state index contributed by atoms with van der Waals surface area (Å²) in [4.78, 5) is 14.9. The van der Waals surface area contributed by atoms with Crippen molar-refractivity contribution in [1.29, 1.82) is 0 Å². The molecule has 4 nitrogen and oxygen atoms in total. The molecule has 0 aliphatic carbocycles. The zero-order chi connectivity index (χ0) is 10.7. The van der Waals surface area contributed by atoms with Crippen molar-refractivity contribution in [2.45, 2.75) is 17.8 Å². The van der Waals surface area contributed by atoms with E-state index in [0.29, 0.717) is 6.42 Å². The molecule has 0 amide bonds. The van der Waals surface area contributed by atoms with E-state index in [4.69, 9.17) is 5.11 Å². The molecule has 1 aliphatic heterocycles. The lowest BCUT2D eigenvalue weighted by Gasteiger charge is -2.28. The number of carbonyl (C=O) groups is 1. The van der Waals surface area contributed by atoms with E-state index in [-0.39, 0.29) is 5.37 Å². The van der Waals surface area contributed by atoms with Gasteiger partial charge in [-0.1, -0.05) is 6.07 Å². The molecule has 2 N–H and O–H groups in total. The Morgan fingerprint density at radius 1 is 1.67 bits per heavy atom. The summed E-state index contributed by atoms with van der Waals surface area (Å²) in [5.74, 6) is 0.0907. The summed E-state index contributed by atoms with van der Waals surface area (Å²) in [5.41, 5.74) is 1.04. The van der Waals surface area contributed by atoms with E-state index in [2.05, 4.69) is 10.3 Å². The lowest BCUT2D eigenvalue weighted by molar-refractivity contribution is -0.139. The first-order valence-corrected chi connectivity index (χ1v) is 5.82. The normalized spacial score (nSPS) is 26.1. The highest BCUT2D eigenvalue weighted by atomic mass is 32.2. The molecule has 15 heavy (non-hydrogen) atoms. The van der Waals surface area contributed by atoms with Crippen LogP contribution in [0.25, 0.3) is 0 Å². The van der Waals surface area contributed by atoms with Gasteiger partial charge in [0.25, 0.3) is 0 Å². The number of rotatable bonds is 2. The van der Waals surface area contributed by atoms with E-state index in [1.54, 1.807) is 24.2 Å². The largest absolute Gasteiger partial charge is 0.480 e. The number of nitrogens with one attached hydrogen (secondary N) is 1. The van der Waals surface area contributed by atoms with Crippen LogP contribution in [0.1, 0.15) is 17.4 Å². The lowest BCUT2D eigenvalue weighted by Crippen LogP contribution is -2.41. The molecule has 1 fully saturated rings. The predicted molar refractivity (Wildman–Crippen MR) is 58.6 cm³/mol. The molecule has 1 aromatic heterocycles. The molecule has 0 aromatic carbocycles. The van der Waals surface area contributed by atoms with Crippen LogP contribution < -0.4 is 5.32 Å². The topological polar surface area (TPSA) is 62.2 Å². The maximum atomic E-state index is 10.8. The number of carboxylic acid groups (broad SMARTS) is 1. The van der Waals surface area contributed by atoms with Gasteiger partial charge in [0.1, 0.15) is 6.04 Å². The third-order valence-electron chi connectivity index (χ3n) is 2.33. The number of aromatic nitrogens is 1. The molecule has 1 aliphatic rings. The Hall–Kier alpha value is -1.07. The van der Waals surface area contributed by atoms with Crippen molar-refractivity contribution in [2.24, 2.45) is 0 Å². The maximum absolute atomic E-state index is 10.8. The molecule has 0 spiro atoms. The number of nitrogens with zero attached hydrogens (tertiary/aromatic N) is 1. The Bertz CT molecular complexity index is 345. The first-order chi connectivity index (χ1) is 7.27. The summed E-state index contributed by atoms with van der Waals surface area (Å²) < 4.78 is 0. The van der Waals surface area contributed by atoms with Crippen molar-refractivity contribution >= 4 is 17.7 Å². The Morgan fingerprint density at radius 3 is 3.20 bits per heavy atom. The van der Waals surface area contributed by atoms with Crippen LogP contribution in [0.3, 0.4) is 0 Å². The smallest absolute Gasteiger partial charge is 0.320 e. The van der Waals surface area contributed by atoms with E-state index in [1.165, 1.54) is 0 Å². The zero-order valence-corrected chi connectivity index (χ0v) is 8.91. The molecule has 80 valence electrons. The SMILES string of the molecule is O=C(O)C1CCSC(c2cccnc2)N1. The second-order valence-corrected chi connectivity index (χ2v) is 4.60. The van der Waals surface area contributed by atoms with E-state index in [9.17, 15) is 4.79 Å². The molecule has 0 bridgehead atoms. The monoisotopic (exact) mass is 224 g/mol. The van der Waals surface area contributed by atoms with Gasteiger partial charge in [0, 0.05) is 12.4 Å². The lowest BCUT2D eigenvalue weighted by atomic mass is 10.2. The average molecular weight is 224 g/mol. The molecule has 1 saturated heterocycles. The van der Waals surface area contributed by atoms with Gasteiger partial charge in [0.15, 0.2) is 0 Å². The second-order valence-electron chi connectivity index (χ2n) is 3.38. The van der Waals surface area contributed by atoms with Gasteiger partial charge in [-0.3, -0.25) is 15.1 Å². The average Bonchev–Trinajstić information content (AvgIpc) is 2.30. The van der Waals surface area contributed by atoms with E-state index >= 15 is 0 Å². The molecule has 2 rings (SSSR count).